The molecule has 1 aliphatic carbocycles. The van der Waals surface area contributed by atoms with E-state index < -0.39 is 17.5 Å². The normalized spacial score (nSPS) is 22.1. The third-order valence-corrected chi connectivity index (χ3v) is 7.40. The molecule has 2 amide bonds. The number of amides is 2. The molecule has 0 radical (unpaired) electrons. The number of carbonyl (C=O) groups is 3. The first-order valence-electron chi connectivity index (χ1n) is 11.8. The second-order valence-corrected chi connectivity index (χ2v) is 9.91. The summed E-state index contributed by atoms with van der Waals surface area (Å²) in [5.41, 5.74) is 3.74. The van der Waals surface area contributed by atoms with Gasteiger partial charge in [-0.25, -0.2) is 4.79 Å². The number of hydrogen-bond acceptors (Lipinski definition) is 4. The number of alkyl carbamates (subject to hydrolysis) is 1. The van der Waals surface area contributed by atoms with E-state index in [1.807, 2.05) is 38.1 Å². The number of carbonyl (C=O) groups excluding carboxylic acids is 2. The Morgan fingerprint density at radius 2 is 1.71 bits per heavy atom. The Labute approximate surface area is 200 Å². The van der Waals surface area contributed by atoms with Crippen molar-refractivity contribution < 1.29 is 24.2 Å². The number of rotatable bonds is 7. The van der Waals surface area contributed by atoms with Crippen molar-refractivity contribution in [1.29, 1.82) is 0 Å². The van der Waals surface area contributed by atoms with Gasteiger partial charge < -0.3 is 20.1 Å². The molecule has 3 atom stereocenters. The summed E-state index contributed by atoms with van der Waals surface area (Å²) < 4.78 is 5.55. The summed E-state index contributed by atoms with van der Waals surface area (Å²) in [4.78, 5) is 38.3. The molecule has 1 aliphatic heterocycles. The van der Waals surface area contributed by atoms with Crippen LogP contribution in [0.5, 0.6) is 0 Å². The Kier molecular flexibility index (Phi) is 6.64. The van der Waals surface area contributed by atoms with Crippen molar-refractivity contribution in [3.05, 3.63) is 59.7 Å². The van der Waals surface area contributed by atoms with Crippen molar-refractivity contribution in [3.63, 3.8) is 0 Å². The van der Waals surface area contributed by atoms with Gasteiger partial charge in [0.05, 0.1) is 5.41 Å². The third-order valence-electron chi connectivity index (χ3n) is 7.40. The maximum atomic E-state index is 12.7. The van der Waals surface area contributed by atoms with Crippen molar-refractivity contribution in [2.75, 3.05) is 26.2 Å². The minimum atomic E-state index is -0.918. The van der Waals surface area contributed by atoms with E-state index in [-0.39, 0.29) is 43.2 Å². The third kappa shape index (κ3) is 4.52. The number of nitrogens with one attached hydrogen (secondary N) is 1. The molecule has 2 aromatic carbocycles. The van der Waals surface area contributed by atoms with E-state index in [2.05, 4.69) is 29.6 Å². The van der Waals surface area contributed by atoms with E-state index in [0.717, 1.165) is 11.1 Å². The fraction of sp³-hybridized carbons (Fsp3) is 0.444. The summed E-state index contributed by atoms with van der Waals surface area (Å²) >= 11 is 0. The van der Waals surface area contributed by atoms with Crippen LogP contribution in [0.25, 0.3) is 11.1 Å². The van der Waals surface area contributed by atoms with Gasteiger partial charge in [-0.1, -0.05) is 62.4 Å². The molecular weight excluding hydrogens is 432 g/mol. The monoisotopic (exact) mass is 464 g/mol. The highest BCUT2D eigenvalue weighted by Crippen LogP contribution is 2.44. The number of carboxylic acids is 1. The Bertz CT molecular complexity index is 1050. The lowest BCUT2D eigenvalue weighted by Gasteiger charge is -2.23. The summed E-state index contributed by atoms with van der Waals surface area (Å²) in [6.45, 7) is 6.65. The Balaban J connectivity index is 1.26. The maximum Gasteiger partial charge on any atom is 0.407 e. The molecule has 34 heavy (non-hydrogen) atoms. The predicted octanol–water partition coefficient (Wildman–Crippen LogP) is 4.12. The average molecular weight is 465 g/mol. The number of benzene rings is 2. The first kappa shape index (κ1) is 23.8. The van der Waals surface area contributed by atoms with Crippen LogP contribution in [0.2, 0.25) is 0 Å². The average Bonchev–Trinajstić information content (AvgIpc) is 3.31. The molecule has 4 rings (SSSR count). The molecule has 2 aromatic rings. The zero-order chi connectivity index (χ0) is 24.5. The molecule has 0 bridgehead atoms. The SMILES string of the molecule is CC(CNC(=O)OCC1c2ccccc2-c2ccccc21)CC(=O)N1C[C@@H](C)[C@](C)(C(=O)O)C1. The van der Waals surface area contributed by atoms with E-state index in [0.29, 0.717) is 13.1 Å². The highest BCUT2D eigenvalue weighted by atomic mass is 16.5. The standard InChI is InChI=1S/C27H32N2O5/c1-17(12-24(30)29-14-18(2)27(3,16-29)25(31)32)13-28-26(33)34-15-23-21-10-6-4-8-19(21)20-9-5-7-11-22(20)23/h4-11,17-18,23H,12-16H2,1-3H3,(H,28,33)(H,31,32)/t17?,18-,27-/m1/s1. The van der Waals surface area contributed by atoms with E-state index in [1.54, 1.807) is 11.8 Å². The second-order valence-electron chi connectivity index (χ2n) is 9.91. The molecule has 0 aromatic heterocycles. The Morgan fingerprint density at radius 3 is 2.26 bits per heavy atom. The summed E-state index contributed by atoms with van der Waals surface area (Å²) in [5.74, 6) is -1.17. The topological polar surface area (TPSA) is 95.9 Å². The van der Waals surface area contributed by atoms with Crippen LogP contribution in [0.15, 0.2) is 48.5 Å². The Hall–Kier alpha value is -3.35. The maximum absolute atomic E-state index is 12.7. The molecule has 1 saturated heterocycles. The van der Waals surface area contributed by atoms with Crippen LogP contribution in [0.1, 0.15) is 44.2 Å². The molecule has 2 aliphatic rings. The fourth-order valence-electron chi connectivity index (χ4n) is 5.02. The molecule has 1 heterocycles. The molecule has 180 valence electrons. The lowest BCUT2D eigenvalue weighted by Crippen LogP contribution is -2.37. The van der Waals surface area contributed by atoms with Crippen molar-refractivity contribution in [1.82, 2.24) is 10.2 Å². The number of aliphatic carboxylic acids is 1. The molecule has 7 heteroatoms. The van der Waals surface area contributed by atoms with E-state index in [9.17, 15) is 19.5 Å². The summed E-state index contributed by atoms with van der Waals surface area (Å²) in [6, 6.07) is 16.3. The zero-order valence-electron chi connectivity index (χ0n) is 19.9. The number of likely N-dealkylation sites (tertiary alicyclic amines) is 1. The lowest BCUT2D eigenvalue weighted by molar-refractivity contribution is -0.149. The molecule has 0 spiro atoms. The van der Waals surface area contributed by atoms with Crippen LogP contribution in [-0.4, -0.2) is 54.2 Å². The predicted molar refractivity (Wildman–Crippen MR) is 128 cm³/mol. The van der Waals surface area contributed by atoms with Crippen molar-refractivity contribution in [2.24, 2.45) is 17.3 Å². The van der Waals surface area contributed by atoms with Crippen LogP contribution in [0, 0.1) is 17.3 Å². The van der Waals surface area contributed by atoms with Crippen molar-refractivity contribution in [3.8, 4) is 11.1 Å². The molecular formula is C27H32N2O5. The molecule has 2 N–H and O–H groups in total. The van der Waals surface area contributed by atoms with Crippen LogP contribution in [-0.2, 0) is 14.3 Å². The van der Waals surface area contributed by atoms with Gasteiger partial charge >= 0.3 is 12.1 Å². The minimum Gasteiger partial charge on any atom is -0.481 e. The first-order chi connectivity index (χ1) is 16.2. The largest absolute Gasteiger partial charge is 0.481 e. The second kappa shape index (κ2) is 9.49. The van der Waals surface area contributed by atoms with Crippen LogP contribution >= 0.6 is 0 Å². The van der Waals surface area contributed by atoms with Gasteiger partial charge in [-0.15, -0.1) is 0 Å². The summed E-state index contributed by atoms with van der Waals surface area (Å²) in [5, 5.41) is 12.3. The lowest BCUT2D eigenvalue weighted by atomic mass is 9.81. The summed E-state index contributed by atoms with van der Waals surface area (Å²) in [6.07, 6.45) is -0.263. The Morgan fingerprint density at radius 1 is 1.12 bits per heavy atom. The van der Waals surface area contributed by atoms with Gasteiger partial charge in [0.25, 0.3) is 0 Å². The van der Waals surface area contributed by atoms with Gasteiger partial charge in [0, 0.05) is 32.0 Å². The minimum absolute atomic E-state index is 0.00199. The van der Waals surface area contributed by atoms with Gasteiger partial charge in [-0.3, -0.25) is 9.59 Å². The molecule has 0 saturated carbocycles. The van der Waals surface area contributed by atoms with Gasteiger partial charge in [0.2, 0.25) is 5.91 Å². The van der Waals surface area contributed by atoms with E-state index >= 15 is 0 Å². The van der Waals surface area contributed by atoms with E-state index in [4.69, 9.17) is 4.74 Å². The van der Waals surface area contributed by atoms with E-state index in [1.165, 1.54) is 11.1 Å². The molecule has 1 fully saturated rings. The van der Waals surface area contributed by atoms with Gasteiger partial charge in [0.1, 0.15) is 6.61 Å². The summed E-state index contributed by atoms with van der Waals surface area (Å²) in [7, 11) is 0. The number of nitrogens with zero attached hydrogens (tertiary/aromatic N) is 1. The molecule has 1 unspecified atom stereocenters. The van der Waals surface area contributed by atoms with Gasteiger partial charge in [-0.05, 0) is 41.0 Å². The van der Waals surface area contributed by atoms with Crippen LogP contribution < -0.4 is 5.32 Å². The number of hydrogen-bond donors (Lipinski definition) is 2. The van der Waals surface area contributed by atoms with Crippen LogP contribution in [0.3, 0.4) is 0 Å². The first-order valence-corrected chi connectivity index (χ1v) is 11.8. The fourth-order valence-corrected chi connectivity index (χ4v) is 5.02. The number of fused-ring (bicyclic) bond motifs is 3. The van der Waals surface area contributed by atoms with Gasteiger partial charge in [0.15, 0.2) is 0 Å². The number of carboxylic acid groups (broad SMARTS) is 1. The van der Waals surface area contributed by atoms with Gasteiger partial charge in [-0.2, -0.15) is 0 Å². The smallest absolute Gasteiger partial charge is 0.407 e. The quantitative estimate of drug-likeness (QED) is 0.643. The van der Waals surface area contributed by atoms with Crippen molar-refractivity contribution >= 4 is 18.0 Å². The van der Waals surface area contributed by atoms with Crippen LogP contribution in [0.4, 0.5) is 4.79 Å². The molecule has 7 nitrogen and oxygen atoms in total. The highest BCUT2D eigenvalue weighted by Gasteiger charge is 2.47. The zero-order valence-corrected chi connectivity index (χ0v) is 19.9. The van der Waals surface area contributed by atoms with Crippen molar-refractivity contribution in [2.45, 2.75) is 33.1 Å². The highest BCUT2D eigenvalue weighted by molar-refractivity contribution is 5.81. The number of ether oxygens (including phenoxy) is 1.